The van der Waals surface area contributed by atoms with Crippen molar-refractivity contribution in [1.29, 1.82) is 5.26 Å². The first-order valence-corrected chi connectivity index (χ1v) is 6.67. The summed E-state index contributed by atoms with van der Waals surface area (Å²) >= 11 is 0. The van der Waals surface area contributed by atoms with Gasteiger partial charge in [-0.15, -0.1) is 0 Å². The molecular weight excluding hydrogens is 257 g/mol. The molecule has 5 heteroatoms. The molecule has 20 heavy (non-hydrogen) atoms. The second-order valence-corrected chi connectivity index (χ2v) is 5.45. The molecule has 2 N–H and O–H groups in total. The van der Waals surface area contributed by atoms with Crippen LogP contribution >= 0.6 is 0 Å². The maximum absolute atomic E-state index is 13.0. The van der Waals surface area contributed by atoms with E-state index in [9.17, 15) is 14.4 Å². The van der Waals surface area contributed by atoms with E-state index in [0.717, 1.165) is 18.4 Å². The molecule has 1 aromatic rings. The van der Waals surface area contributed by atoms with Crippen LogP contribution < -0.4 is 10.6 Å². The Balaban J connectivity index is 1.90. The van der Waals surface area contributed by atoms with E-state index in [1.165, 1.54) is 12.1 Å². The van der Waals surface area contributed by atoms with Crippen molar-refractivity contribution in [2.75, 3.05) is 11.9 Å². The van der Waals surface area contributed by atoms with E-state index in [0.29, 0.717) is 5.69 Å². The molecule has 1 amide bonds. The molecule has 106 valence electrons. The average Bonchev–Trinajstić information content (AvgIpc) is 3.22. The number of nitrogens with zero attached hydrogens (tertiary/aromatic N) is 1. The summed E-state index contributed by atoms with van der Waals surface area (Å²) in [5, 5.41) is 14.9. The third-order valence-electron chi connectivity index (χ3n) is 3.65. The van der Waals surface area contributed by atoms with E-state index in [1.54, 1.807) is 19.9 Å². The maximum atomic E-state index is 13.0. The molecular formula is C15H18FN3O. The van der Waals surface area contributed by atoms with Crippen LogP contribution in [0.2, 0.25) is 0 Å². The summed E-state index contributed by atoms with van der Waals surface area (Å²) in [6.07, 6.45) is 1.96. The second-order valence-electron chi connectivity index (χ2n) is 5.45. The topological polar surface area (TPSA) is 64.9 Å². The van der Waals surface area contributed by atoms with Crippen LogP contribution in [-0.2, 0) is 4.79 Å². The monoisotopic (exact) mass is 275 g/mol. The van der Waals surface area contributed by atoms with E-state index >= 15 is 0 Å². The van der Waals surface area contributed by atoms with Gasteiger partial charge < -0.3 is 10.6 Å². The number of hydrogen-bond donors (Lipinski definition) is 2. The highest BCUT2D eigenvalue weighted by molar-refractivity contribution is 5.82. The van der Waals surface area contributed by atoms with E-state index in [-0.39, 0.29) is 24.2 Å². The molecule has 0 aliphatic heterocycles. The normalized spacial score (nSPS) is 16.9. The first-order chi connectivity index (χ1) is 9.44. The van der Waals surface area contributed by atoms with Crippen molar-refractivity contribution < 1.29 is 9.18 Å². The van der Waals surface area contributed by atoms with Gasteiger partial charge in [-0.1, -0.05) is 0 Å². The third-order valence-corrected chi connectivity index (χ3v) is 3.65. The largest absolute Gasteiger partial charge is 0.376 e. The van der Waals surface area contributed by atoms with E-state index < -0.39 is 5.54 Å². The molecule has 1 aliphatic rings. The van der Waals surface area contributed by atoms with Crippen molar-refractivity contribution >= 4 is 11.6 Å². The Morgan fingerprint density at radius 2 is 2.25 bits per heavy atom. The molecule has 1 aromatic carbocycles. The lowest BCUT2D eigenvalue weighted by atomic mass is 9.98. The molecule has 4 nitrogen and oxygen atoms in total. The first-order valence-electron chi connectivity index (χ1n) is 6.67. The molecule has 0 saturated heterocycles. The summed E-state index contributed by atoms with van der Waals surface area (Å²) in [6, 6.07) is 6.53. The summed E-state index contributed by atoms with van der Waals surface area (Å²) in [5.41, 5.74) is 0.672. The Morgan fingerprint density at radius 3 is 2.80 bits per heavy atom. The lowest BCUT2D eigenvalue weighted by Crippen LogP contribution is -2.48. The predicted octanol–water partition coefficient (Wildman–Crippen LogP) is 2.35. The fourth-order valence-corrected chi connectivity index (χ4v) is 2.22. The van der Waals surface area contributed by atoms with E-state index in [1.807, 2.05) is 0 Å². The van der Waals surface area contributed by atoms with Crippen LogP contribution in [0.25, 0.3) is 0 Å². The van der Waals surface area contributed by atoms with Crippen molar-refractivity contribution in [3.63, 3.8) is 0 Å². The van der Waals surface area contributed by atoms with Crippen LogP contribution in [0.4, 0.5) is 10.1 Å². The zero-order chi connectivity index (χ0) is 14.8. The van der Waals surface area contributed by atoms with Gasteiger partial charge in [-0.3, -0.25) is 4.79 Å². The molecule has 1 saturated carbocycles. The minimum Gasteiger partial charge on any atom is -0.376 e. The van der Waals surface area contributed by atoms with Crippen LogP contribution in [0.1, 0.15) is 25.3 Å². The number of nitriles is 1. The van der Waals surface area contributed by atoms with Gasteiger partial charge in [0.15, 0.2) is 0 Å². The van der Waals surface area contributed by atoms with Crippen molar-refractivity contribution in [2.24, 2.45) is 5.92 Å². The predicted molar refractivity (Wildman–Crippen MR) is 74.5 cm³/mol. The number of carbonyl (C=O) groups excluding carboxylic acids is 1. The zero-order valence-corrected chi connectivity index (χ0v) is 11.7. The van der Waals surface area contributed by atoms with Crippen LogP contribution in [0.5, 0.6) is 0 Å². The van der Waals surface area contributed by atoms with Crippen molar-refractivity contribution in [3.05, 3.63) is 29.6 Å². The van der Waals surface area contributed by atoms with Gasteiger partial charge in [0.1, 0.15) is 11.4 Å². The smallest absolute Gasteiger partial charge is 0.240 e. The molecule has 0 unspecified atom stereocenters. The maximum Gasteiger partial charge on any atom is 0.240 e. The molecule has 0 spiro atoms. The summed E-state index contributed by atoms with van der Waals surface area (Å²) in [4.78, 5) is 11.9. The fraction of sp³-hybridized carbons (Fsp3) is 0.467. The number of benzene rings is 1. The lowest BCUT2D eigenvalue weighted by Gasteiger charge is -2.23. The molecule has 0 radical (unpaired) electrons. The summed E-state index contributed by atoms with van der Waals surface area (Å²) in [6.45, 7) is 3.59. The van der Waals surface area contributed by atoms with E-state index in [2.05, 4.69) is 16.7 Å². The molecule has 0 aromatic heterocycles. The number of nitrogens with one attached hydrogen (secondary N) is 2. The average molecular weight is 275 g/mol. The highest BCUT2D eigenvalue weighted by atomic mass is 19.1. The van der Waals surface area contributed by atoms with Crippen LogP contribution in [0, 0.1) is 30.0 Å². The van der Waals surface area contributed by atoms with Crippen molar-refractivity contribution in [2.45, 2.75) is 32.2 Å². The van der Waals surface area contributed by atoms with Crippen molar-refractivity contribution in [3.8, 4) is 6.07 Å². The van der Waals surface area contributed by atoms with Gasteiger partial charge in [0.25, 0.3) is 0 Å². The Labute approximate surface area is 118 Å². The van der Waals surface area contributed by atoms with Gasteiger partial charge in [0.2, 0.25) is 5.91 Å². The molecule has 2 rings (SSSR count). The minimum atomic E-state index is -0.781. The standard InChI is InChI=1S/C15H18FN3O/c1-10-7-12(16)5-6-13(10)18-8-14(20)19-15(2,9-17)11-3-4-11/h5-7,11,18H,3-4,8H2,1-2H3,(H,19,20)/t15-/m1/s1. The Kier molecular flexibility index (Phi) is 3.93. The van der Waals surface area contributed by atoms with Gasteiger partial charge >= 0.3 is 0 Å². The minimum absolute atomic E-state index is 0.0659. The zero-order valence-electron chi connectivity index (χ0n) is 11.7. The highest BCUT2D eigenvalue weighted by Gasteiger charge is 2.42. The van der Waals surface area contributed by atoms with E-state index in [4.69, 9.17) is 0 Å². The first kappa shape index (κ1) is 14.3. The molecule has 0 bridgehead atoms. The van der Waals surface area contributed by atoms with Gasteiger partial charge in [0.05, 0.1) is 12.6 Å². The van der Waals surface area contributed by atoms with Gasteiger partial charge in [0, 0.05) is 5.69 Å². The number of halogens is 1. The third kappa shape index (κ3) is 3.27. The molecule has 1 aliphatic carbocycles. The van der Waals surface area contributed by atoms with Crippen LogP contribution in [0.3, 0.4) is 0 Å². The van der Waals surface area contributed by atoms with Crippen molar-refractivity contribution in [1.82, 2.24) is 5.32 Å². The van der Waals surface area contributed by atoms with Gasteiger partial charge in [-0.25, -0.2) is 4.39 Å². The lowest BCUT2D eigenvalue weighted by molar-refractivity contribution is -0.120. The van der Waals surface area contributed by atoms with Crippen LogP contribution in [0.15, 0.2) is 18.2 Å². The summed E-state index contributed by atoms with van der Waals surface area (Å²) in [7, 11) is 0. The van der Waals surface area contributed by atoms with Gasteiger partial charge in [-0.05, 0) is 56.4 Å². The number of anilines is 1. The number of amides is 1. The highest BCUT2D eigenvalue weighted by Crippen LogP contribution is 2.39. The number of carbonyl (C=O) groups is 1. The fourth-order valence-electron chi connectivity index (χ4n) is 2.22. The molecule has 0 heterocycles. The Bertz CT molecular complexity index is 563. The van der Waals surface area contributed by atoms with Gasteiger partial charge in [-0.2, -0.15) is 5.26 Å². The summed E-state index contributed by atoms with van der Waals surface area (Å²) in [5.74, 6) is -0.281. The number of rotatable bonds is 5. The number of aryl methyl sites for hydroxylation is 1. The molecule has 1 fully saturated rings. The van der Waals surface area contributed by atoms with Crippen LogP contribution in [-0.4, -0.2) is 18.0 Å². The SMILES string of the molecule is Cc1cc(F)ccc1NCC(=O)N[C@](C)(C#N)C1CC1. The Morgan fingerprint density at radius 1 is 1.55 bits per heavy atom. The second kappa shape index (κ2) is 5.49. The Hall–Kier alpha value is -2.09. The quantitative estimate of drug-likeness (QED) is 0.867. The molecule has 1 atom stereocenters. The number of hydrogen-bond acceptors (Lipinski definition) is 3. The summed E-state index contributed by atoms with van der Waals surface area (Å²) < 4.78 is 13.0.